The van der Waals surface area contributed by atoms with Crippen molar-refractivity contribution >= 4 is 29.4 Å². The van der Waals surface area contributed by atoms with Gasteiger partial charge in [-0.2, -0.15) is 0 Å². The van der Waals surface area contributed by atoms with Crippen LogP contribution in [0.1, 0.15) is 91.8 Å². The largest absolute Gasteiger partial charge is 0.462 e. The summed E-state index contributed by atoms with van der Waals surface area (Å²) in [6, 6.07) is 0.0783. The van der Waals surface area contributed by atoms with E-state index in [0.717, 1.165) is 32.1 Å². The summed E-state index contributed by atoms with van der Waals surface area (Å²) in [6.07, 6.45) is 5.49. The predicted octanol–water partition coefficient (Wildman–Crippen LogP) is 2.96. The smallest absolute Gasteiger partial charge is 0.339 e. The number of fused-ring (bicyclic) bond motifs is 1. The van der Waals surface area contributed by atoms with Gasteiger partial charge in [-0.3, -0.25) is 19.2 Å². The quantitative estimate of drug-likeness (QED) is 0.503. The Kier molecular flexibility index (Phi) is 7.95. The van der Waals surface area contributed by atoms with Crippen molar-refractivity contribution < 1.29 is 28.7 Å². The molecule has 9 nitrogen and oxygen atoms in total. The first-order valence-electron chi connectivity index (χ1n) is 13.3. The van der Waals surface area contributed by atoms with Crippen LogP contribution >= 0.6 is 0 Å². The van der Waals surface area contributed by atoms with Crippen LogP contribution in [-0.4, -0.2) is 64.5 Å². The third-order valence-electron chi connectivity index (χ3n) is 8.17. The van der Waals surface area contributed by atoms with E-state index in [2.05, 4.69) is 10.3 Å². The number of nitrogens with zero attached hydrogens (tertiary/aromatic N) is 1. The average Bonchev–Trinajstić information content (AvgIpc) is 3.62. The Hall–Kier alpha value is -2.97. The molecule has 3 fully saturated rings. The Labute approximate surface area is 211 Å². The number of amides is 2. The van der Waals surface area contributed by atoms with Gasteiger partial charge in [0.05, 0.1) is 18.2 Å². The van der Waals surface area contributed by atoms with Gasteiger partial charge in [-0.25, -0.2) is 4.79 Å². The summed E-state index contributed by atoms with van der Waals surface area (Å²) in [5.74, 6) is -1.06. The number of hydrogen-bond donors (Lipinski definition) is 2. The van der Waals surface area contributed by atoms with E-state index in [9.17, 15) is 24.0 Å². The molecule has 5 atom stereocenters. The summed E-state index contributed by atoms with van der Waals surface area (Å²) in [6.45, 7) is 5.87. The molecule has 0 bridgehead atoms. The summed E-state index contributed by atoms with van der Waals surface area (Å²) >= 11 is 0. The summed E-state index contributed by atoms with van der Waals surface area (Å²) < 4.78 is 5.08. The number of ketones is 2. The zero-order valence-electron chi connectivity index (χ0n) is 21.4. The monoisotopic (exact) mass is 499 g/mol. The maximum atomic E-state index is 13.7. The second kappa shape index (κ2) is 11.0. The molecule has 2 N–H and O–H groups in total. The van der Waals surface area contributed by atoms with E-state index in [1.165, 1.54) is 6.07 Å². The van der Waals surface area contributed by atoms with Crippen molar-refractivity contribution in [1.82, 2.24) is 15.2 Å². The van der Waals surface area contributed by atoms with E-state index in [-0.39, 0.29) is 59.9 Å². The van der Waals surface area contributed by atoms with Crippen LogP contribution in [-0.2, 0) is 19.1 Å². The third-order valence-corrected chi connectivity index (χ3v) is 8.17. The number of ether oxygens (including phenoxy) is 1. The fourth-order valence-electron chi connectivity index (χ4n) is 6.30. The molecule has 196 valence electrons. The molecule has 1 aromatic heterocycles. The Morgan fingerprint density at radius 3 is 2.61 bits per heavy atom. The van der Waals surface area contributed by atoms with E-state index < -0.39 is 18.1 Å². The molecule has 1 aromatic rings. The molecular weight excluding hydrogens is 462 g/mol. The fraction of sp³-hybridized carbons (Fsp3) is 0.667. The molecule has 0 radical (unpaired) electrons. The molecule has 1 aliphatic heterocycles. The number of H-pyrrole nitrogens is 1. The molecule has 1 saturated heterocycles. The van der Waals surface area contributed by atoms with Crippen molar-refractivity contribution in [1.29, 1.82) is 0 Å². The standard InChI is InChI=1S/C27H37N3O6/c1-4-22(31)20(12-16-8-7-11-23(16)32)29-25(33)24-18-10-6-9-17(18)14-30(24)26(34)21-13-19(15(3)28-21)27(35)36-5-2/h13,16-18,20,24,28H,4-12,14H2,1-3H3,(H,29,33)/t16-,17-,18-,20-,24-/m0/s1. The van der Waals surface area contributed by atoms with E-state index in [0.29, 0.717) is 30.6 Å². The van der Waals surface area contributed by atoms with Crippen LogP contribution in [0.2, 0.25) is 0 Å². The van der Waals surface area contributed by atoms with Crippen LogP contribution in [0.25, 0.3) is 0 Å². The molecule has 2 heterocycles. The van der Waals surface area contributed by atoms with Gasteiger partial charge in [-0.05, 0) is 63.9 Å². The normalized spacial score (nSPS) is 26.1. The highest BCUT2D eigenvalue weighted by molar-refractivity contribution is 6.01. The van der Waals surface area contributed by atoms with Gasteiger partial charge in [-0.15, -0.1) is 0 Å². The van der Waals surface area contributed by atoms with E-state index in [4.69, 9.17) is 4.74 Å². The molecule has 0 unspecified atom stereocenters. The molecule has 0 aromatic carbocycles. The van der Waals surface area contributed by atoms with Crippen LogP contribution in [0.3, 0.4) is 0 Å². The first-order chi connectivity index (χ1) is 17.2. The summed E-state index contributed by atoms with van der Waals surface area (Å²) in [5, 5.41) is 2.94. The highest BCUT2D eigenvalue weighted by atomic mass is 16.5. The van der Waals surface area contributed by atoms with Crippen LogP contribution in [0.5, 0.6) is 0 Å². The lowest BCUT2D eigenvalue weighted by Crippen LogP contribution is -2.53. The number of aryl methyl sites for hydroxylation is 1. The molecule has 9 heteroatoms. The number of hydrogen-bond acceptors (Lipinski definition) is 6. The molecule has 3 aliphatic rings. The first-order valence-corrected chi connectivity index (χ1v) is 13.3. The number of nitrogens with one attached hydrogen (secondary N) is 2. The van der Waals surface area contributed by atoms with E-state index in [1.807, 2.05) is 0 Å². The molecule has 2 amide bonds. The lowest BCUT2D eigenvalue weighted by atomic mass is 9.91. The summed E-state index contributed by atoms with van der Waals surface area (Å²) in [4.78, 5) is 69.0. The number of rotatable bonds is 9. The van der Waals surface area contributed by atoms with Crippen molar-refractivity contribution in [2.45, 2.75) is 84.2 Å². The van der Waals surface area contributed by atoms with Crippen LogP contribution in [0.4, 0.5) is 0 Å². The van der Waals surface area contributed by atoms with Gasteiger partial charge in [0.2, 0.25) is 5.91 Å². The van der Waals surface area contributed by atoms with Gasteiger partial charge in [0.15, 0.2) is 5.78 Å². The number of carbonyl (C=O) groups is 5. The molecule has 4 rings (SSSR count). The van der Waals surface area contributed by atoms with Crippen molar-refractivity contribution in [3.05, 3.63) is 23.0 Å². The van der Waals surface area contributed by atoms with Gasteiger partial charge in [0.25, 0.3) is 5.91 Å². The fourth-order valence-corrected chi connectivity index (χ4v) is 6.30. The Morgan fingerprint density at radius 1 is 1.17 bits per heavy atom. The molecular formula is C27H37N3O6. The van der Waals surface area contributed by atoms with Gasteiger partial charge in [0.1, 0.15) is 17.5 Å². The maximum absolute atomic E-state index is 13.7. The molecule has 2 saturated carbocycles. The van der Waals surface area contributed by atoms with Crippen molar-refractivity contribution in [2.75, 3.05) is 13.2 Å². The number of carbonyl (C=O) groups excluding carboxylic acids is 5. The van der Waals surface area contributed by atoms with Crippen LogP contribution < -0.4 is 5.32 Å². The first kappa shape index (κ1) is 26.1. The second-order valence-electron chi connectivity index (χ2n) is 10.4. The van der Waals surface area contributed by atoms with Gasteiger partial charge >= 0.3 is 5.97 Å². The SMILES string of the molecule is CCOC(=O)c1cc(C(=O)N2C[C@@H]3CCC[C@@H]3[C@H]2C(=O)N[C@@H](C[C@@H]2CCCC2=O)C(=O)CC)[nH]c1C. The van der Waals surface area contributed by atoms with E-state index in [1.54, 1.807) is 25.7 Å². The lowest BCUT2D eigenvalue weighted by Gasteiger charge is -2.29. The van der Waals surface area contributed by atoms with Gasteiger partial charge in [0, 0.05) is 31.0 Å². The zero-order valence-corrected chi connectivity index (χ0v) is 21.4. The lowest BCUT2D eigenvalue weighted by molar-refractivity contribution is -0.131. The Morgan fingerprint density at radius 2 is 1.94 bits per heavy atom. The number of likely N-dealkylation sites (tertiary alicyclic amines) is 1. The highest BCUT2D eigenvalue weighted by Gasteiger charge is 2.50. The summed E-state index contributed by atoms with van der Waals surface area (Å²) in [5.41, 5.74) is 1.08. The van der Waals surface area contributed by atoms with Crippen LogP contribution in [0.15, 0.2) is 6.07 Å². The van der Waals surface area contributed by atoms with Crippen molar-refractivity contribution in [3.63, 3.8) is 0 Å². The topological polar surface area (TPSA) is 126 Å². The molecule has 2 aliphatic carbocycles. The predicted molar refractivity (Wildman–Crippen MR) is 131 cm³/mol. The third kappa shape index (κ3) is 5.11. The molecule has 0 spiro atoms. The summed E-state index contributed by atoms with van der Waals surface area (Å²) in [7, 11) is 0. The minimum atomic E-state index is -0.727. The van der Waals surface area contributed by atoms with Crippen molar-refractivity contribution in [2.24, 2.45) is 17.8 Å². The Balaban J connectivity index is 1.55. The van der Waals surface area contributed by atoms with E-state index >= 15 is 0 Å². The minimum absolute atomic E-state index is 0.0278. The minimum Gasteiger partial charge on any atom is -0.462 e. The number of aromatic amines is 1. The van der Waals surface area contributed by atoms with Crippen molar-refractivity contribution in [3.8, 4) is 0 Å². The maximum Gasteiger partial charge on any atom is 0.339 e. The molecule has 36 heavy (non-hydrogen) atoms. The van der Waals surface area contributed by atoms with Gasteiger partial charge < -0.3 is 19.9 Å². The zero-order chi connectivity index (χ0) is 26.0. The Bertz CT molecular complexity index is 1050. The van der Waals surface area contributed by atoms with Gasteiger partial charge in [-0.1, -0.05) is 13.3 Å². The average molecular weight is 500 g/mol. The number of esters is 1. The number of Topliss-reactive ketones (excluding diaryl/α,β-unsaturated/α-hetero) is 2. The number of aromatic nitrogens is 1. The second-order valence-corrected chi connectivity index (χ2v) is 10.4. The van der Waals surface area contributed by atoms with Crippen LogP contribution in [0, 0.1) is 24.7 Å². The highest BCUT2D eigenvalue weighted by Crippen LogP contribution is 2.43.